The standard InChI is InChI=1S/C12H14N4O4S/c1-7(9-4-3-5-13-6-9)16-21(19,20)11-8(2)14-15-10(11)12(17)18/h3-7,16H,1-2H3,(H,14,15)(H,17,18). The Kier molecular flexibility index (Phi) is 4.05. The fraction of sp³-hybridized carbons (Fsp3) is 0.250. The van der Waals surface area contributed by atoms with Crippen LogP contribution in [0.5, 0.6) is 0 Å². The van der Waals surface area contributed by atoms with Crippen molar-refractivity contribution in [3.63, 3.8) is 0 Å². The van der Waals surface area contributed by atoms with Crippen LogP contribution in [0.15, 0.2) is 29.4 Å². The van der Waals surface area contributed by atoms with Crippen molar-refractivity contribution < 1.29 is 18.3 Å². The summed E-state index contributed by atoms with van der Waals surface area (Å²) in [6, 6.07) is 2.85. The van der Waals surface area contributed by atoms with Crippen LogP contribution in [0.25, 0.3) is 0 Å². The van der Waals surface area contributed by atoms with Crippen molar-refractivity contribution in [3.05, 3.63) is 41.5 Å². The number of H-pyrrole nitrogens is 1. The molecule has 0 aliphatic carbocycles. The van der Waals surface area contributed by atoms with Crippen molar-refractivity contribution in [2.45, 2.75) is 24.8 Å². The molecule has 2 aromatic heterocycles. The molecule has 112 valence electrons. The van der Waals surface area contributed by atoms with Gasteiger partial charge in [-0.15, -0.1) is 0 Å². The fourth-order valence-electron chi connectivity index (χ4n) is 1.88. The third-order valence-corrected chi connectivity index (χ3v) is 4.58. The van der Waals surface area contributed by atoms with Crippen molar-refractivity contribution in [3.8, 4) is 0 Å². The van der Waals surface area contributed by atoms with E-state index in [9.17, 15) is 13.2 Å². The smallest absolute Gasteiger partial charge is 0.357 e. The number of aromatic carboxylic acids is 1. The van der Waals surface area contributed by atoms with Gasteiger partial charge in [0.25, 0.3) is 0 Å². The highest BCUT2D eigenvalue weighted by Crippen LogP contribution is 2.21. The Bertz CT molecular complexity index is 755. The normalized spacial score (nSPS) is 13.0. The maximum absolute atomic E-state index is 12.4. The van der Waals surface area contributed by atoms with Crippen LogP contribution < -0.4 is 4.72 Å². The zero-order chi connectivity index (χ0) is 15.6. The summed E-state index contributed by atoms with van der Waals surface area (Å²) in [7, 11) is -4.02. The van der Waals surface area contributed by atoms with Gasteiger partial charge in [-0.2, -0.15) is 5.10 Å². The van der Waals surface area contributed by atoms with Gasteiger partial charge in [0.05, 0.1) is 5.69 Å². The number of carboxylic acids is 1. The molecule has 2 heterocycles. The third-order valence-electron chi connectivity index (χ3n) is 2.88. The molecule has 0 aliphatic rings. The molecule has 2 rings (SSSR count). The monoisotopic (exact) mass is 310 g/mol. The highest BCUT2D eigenvalue weighted by molar-refractivity contribution is 7.89. The van der Waals surface area contributed by atoms with Gasteiger partial charge in [-0.1, -0.05) is 6.07 Å². The first-order valence-electron chi connectivity index (χ1n) is 6.03. The number of aryl methyl sites for hydroxylation is 1. The zero-order valence-corrected chi connectivity index (χ0v) is 12.2. The number of sulfonamides is 1. The minimum absolute atomic E-state index is 0.165. The van der Waals surface area contributed by atoms with Crippen LogP contribution in [0.2, 0.25) is 0 Å². The molecule has 9 heteroatoms. The Labute approximate surface area is 121 Å². The predicted molar refractivity (Wildman–Crippen MR) is 73.3 cm³/mol. The first kappa shape index (κ1) is 15.1. The molecule has 1 unspecified atom stereocenters. The minimum Gasteiger partial charge on any atom is -0.476 e. The zero-order valence-electron chi connectivity index (χ0n) is 11.4. The van der Waals surface area contributed by atoms with Crippen molar-refractivity contribution in [1.29, 1.82) is 0 Å². The highest BCUT2D eigenvalue weighted by Gasteiger charge is 2.29. The van der Waals surface area contributed by atoms with Crippen molar-refractivity contribution in [1.82, 2.24) is 19.9 Å². The lowest BCUT2D eigenvalue weighted by molar-refractivity contribution is 0.0686. The Morgan fingerprint density at radius 1 is 1.48 bits per heavy atom. The molecule has 0 saturated carbocycles. The van der Waals surface area contributed by atoms with E-state index in [0.29, 0.717) is 5.56 Å². The molecule has 0 amide bonds. The Morgan fingerprint density at radius 3 is 2.76 bits per heavy atom. The average molecular weight is 310 g/mol. The Morgan fingerprint density at radius 2 is 2.19 bits per heavy atom. The van der Waals surface area contributed by atoms with E-state index in [1.807, 2.05) is 0 Å². The molecule has 1 atom stereocenters. The topological polar surface area (TPSA) is 125 Å². The van der Waals surface area contributed by atoms with Gasteiger partial charge in [-0.05, 0) is 25.5 Å². The summed E-state index contributed by atoms with van der Waals surface area (Å²) in [5, 5.41) is 14.9. The molecule has 0 aromatic carbocycles. The molecule has 0 radical (unpaired) electrons. The van der Waals surface area contributed by atoms with E-state index in [1.54, 1.807) is 25.3 Å². The number of carboxylic acid groups (broad SMARTS) is 1. The second kappa shape index (κ2) is 5.62. The molecule has 0 bridgehead atoms. The van der Waals surface area contributed by atoms with Crippen LogP contribution in [0.4, 0.5) is 0 Å². The SMILES string of the molecule is Cc1[nH]nc(C(=O)O)c1S(=O)(=O)NC(C)c1cccnc1. The largest absolute Gasteiger partial charge is 0.476 e. The maximum atomic E-state index is 12.4. The summed E-state index contributed by atoms with van der Waals surface area (Å²) in [6.45, 7) is 3.09. The molecule has 3 N–H and O–H groups in total. The van der Waals surface area contributed by atoms with E-state index in [2.05, 4.69) is 19.9 Å². The summed E-state index contributed by atoms with van der Waals surface area (Å²) >= 11 is 0. The lowest BCUT2D eigenvalue weighted by Crippen LogP contribution is -2.28. The number of pyridine rings is 1. The van der Waals surface area contributed by atoms with Crippen LogP contribution in [0, 0.1) is 6.92 Å². The van der Waals surface area contributed by atoms with Crippen molar-refractivity contribution in [2.75, 3.05) is 0 Å². The van der Waals surface area contributed by atoms with Gasteiger partial charge in [-0.3, -0.25) is 10.1 Å². The lowest BCUT2D eigenvalue weighted by Gasteiger charge is -2.14. The van der Waals surface area contributed by atoms with Gasteiger partial charge in [-0.25, -0.2) is 17.9 Å². The van der Waals surface area contributed by atoms with E-state index in [4.69, 9.17) is 5.11 Å². The molecule has 0 aliphatic heterocycles. The second-order valence-electron chi connectivity index (χ2n) is 4.46. The fourth-order valence-corrected chi connectivity index (χ4v) is 3.44. The van der Waals surface area contributed by atoms with E-state index >= 15 is 0 Å². The first-order chi connectivity index (χ1) is 9.83. The summed E-state index contributed by atoms with van der Waals surface area (Å²) in [4.78, 5) is 14.6. The number of hydrogen-bond donors (Lipinski definition) is 3. The number of hydrogen-bond acceptors (Lipinski definition) is 5. The molecule has 0 saturated heterocycles. The number of nitrogens with one attached hydrogen (secondary N) is 2. The van der Waals surface area contributed by atoms with E-state index in [0.717, 1.165) is 0 Å². The van der Waals surface area contributed by atoms with Gasteiger partial charge in [0.15, 0.2) is 5.69 Å². The van der Waals surface area contributed by atoms with Gasteiger partial charge in [0, 0.05) is 18.4 Å². The average Bonchev–Trinajstić information content (AvgIpc) is 2.82. The number of rotatable bonds is 5. The van der Waals surface area contributed by atoms with Gasteiger partial charge in [0.2, 0.25) is 10.0 Å². The number of aromatic amines is 1. The van der Waals surface area contributed by atoms with Crippen molar-refractivity contribution in [2.24, 2.45) is 0 Å². The van der Waals surface area contributed by atoms with E-state index < -0.39 is 27.7 Å². The Balaban J connectivity index is 2.36. The third kappa shape index (κ3) is 3.09. The number of nitrogens with zero attached hydrogens (tertiary/aromatic N) is 2. The second-order valence-corrected chi connectivity index (χ2v) is 6.11. The number of carbonyl (C=O) groups is 1. The molecule has 21 heavy (non-hydrogen) atoms. The van der Waals surface area contributed by atoms with Gasteiger partial charge < -0.3 is 5.11 Å². The molecular weight excluding hydrogens is 296 g/mol. The summed E-state index contributed by atoms with van der Waals surface area (Å²) in [6.07, 6.45) is 3.11. The van der Waals surface area contributed by atoms with E-state index in [1.165, 1.54) is 13.1 Å². The molecule has 0 spiro atoms. The van der Waals surface area contributed by atoms with Crippen LogP contribution in [-0.2, 0) is 10.0 Å². The minimum atomic E-state index is -4.02. The van der Waals surface area contributed by atoms with Gasteiger partial charge in [0.1, 0.15) is 4.90 Å². The quantitative estimate of drug-likeness (QED) is 0.752. The highest BCUT2D eigenvalue weighted by atomic mass is 32.2. The predicted octanol–water partition coefficient (Wildman–Crippen LogP) is 0.851. The lowest BCUT2D eigenvalue weighted by atomic mass is 10.2. The van der Waals surface area contributed by atoms with Crippen LogP contribution in [0.1, 0.15) is 34.7 Å². The number of aromatic nitrogens is 3. The Hall–Kier alpha value is -2.26. The van der Waals surface area contributed by atoms with Crippen molar-refractivity contribution >= 4 is 16.0 Å². The van der Waals surface area contributed by atoms with E-state index in [-0.39, 0.29) is 10.6 Å². The van der Waals surface area contributed by atoms with Gasteiger partial charge >= 0.3 is 5.97 Å². The maximum Gasteiger partial charge on any atom is 0.357 e. The molecular formula is C12H14N4O4S. The van der Waals surface area contributed by atoms with Crippen LogP contribution in [0.3, 0.4) is 0 Å². The molecule has 0 fully saturated rings. The summed E-state index contributed by atoms with van der Waals surface area (Å²) in [5.41, 5.74) is 0.302. The molecule has 2 aromatic rings. The summed E-state index contributed by atoms with van der Waals surface area (Å²) < 4.78 is 27.2. The van der Waals surface area contributed by atoms with Crippen LogP contribution >= 0.6 is 0 Å². The van der Waals surface area contributed by atoms with Crippen LogP contribution in [-0.4, -0.2) is 34.7 Å². The molecule has 8 nitrogen and oxygen atoms in total. The first-order valence-corrected chi connectivity index (χ1v) is 7.51. The summed E-state index contributed by atoms with van der Waals surface area (Å²) in [5.74, 6) is -1.41.